The van der Waals surface area contributed by atoms with Crippen LogP contribution in [-0.4, -0.2) is 24.7 Å². The number of ether oxygens (including phenoxy) is 2. The van der Waals surface area contributed by atoms with E-state index in [1.165, 1.54) is 13.2 Å². The van der Waals surface area contributed by atoms with Gasteiger partial charge in [0, 0.05) is 0 Å². The normalized spacial score (nSPS) is 14.2. The predicted octanol–water partition coefficient (Wildman–Crippen LogP) is 3.11. The summed E-state index contributed by atoms with van der Waals surface area (Å²) >= 11 is 0. The maximum atomic E-state index is 13.5. The number of hydrogen-bond acceptors (Lipinski definition) is 5. The van der Waals surface area contributed by atoms with Gasteiger partial charge in [0.15, 0.2) is 17.8 Å². The van der Waals surface area contributed by atoms with Gasteiger partial charge in [-0.15, -0.1) is 0 Å². The largest absolute Gasteiger partial charge is 0.493 e. The lowest BCUT2D eigenvalue weighted by Crippen LogP contribution is -2.05. The second-order valence-corrected chi connectivity index (χ2v) is 5.81. The van der Waals surface area contributed by atoms with Gasteiger partial charge in [-0.2, -0.15) is 4.20 Å². The van der Waals surface area contributed by atoms with Crippen LogP contribution in [0.4, 0.5) is 4.20 Å². The Morgan fingerprint density at radius 3 is 2.58 bits per heavy atom. The lowest BCUT2D eigenvalue weighted by Gasteiger charge is -2.15. The molecule has 0 aliphatic heterocycles. The number of methoxy groups -OCH3 is 1. The van der Waals surface area contributed by atoms with Crippen LogP contribution in [0.3, 0.4) is 0 Å². The summed E-state index contributed by atoms with van der Waals surface area (Å²) in [6.45, 7) is 3.03. The van der Waals surface area contributed by atoms with Gasteiger partial charge in [0.05, 0.1) is 19.8 Å². The molecule has 1 atom stereocenters. The highest BCUT2D eigenvalue weighted by Crippen LogP contribution is 2.50. The number of aliphatic hydroxyl groups is 1. The first-order valence-corrected chi connectivity index (χ1v) is 7.45. The monoisotopic (exact) mass is 292 g/mol. The number of halogens is 1. The highest BCUT2D eigenvalue weighted by molar-refractivity contribution is 7.53. The van der Waals surface area contributed by atoms with Crippen molar-refractivity contribution in [3.63, 3.8) is 0 Å². The van der Waals surface area contributed by atoms with Crippen molar-refractivity contribution in [3.8, 4) is 11.5 Å². The molecule has 0 bridgehead atoms. The first kappa shape index (κ1) is 16.0. The van der Waals surface area contributed by atoms with E-state index < -0.39 is 20.1 Å². The molecule has 0 aromatic heterocycles. The molecular formula is C12H18FO5P. The maximum absolute atomic E-state index is 13.5. The van der Waals surface area contributed by atoms with E-state index in [2.05, 4.69) is 4.52 Å². The van der Waals surface area contributed by atoms with Crippen molar-refractivity contribution in [1.82, 2.24) is 0 Å². The summed E-state index contributed by atoms with van der Waals surface area (Å²) in [4.78, 5) is 0. The molecule has 1 rings (SSSR count). The molecule has 1 N–H and O–H groups in total. The zero-order chi connectivity index (χ0) is 14.5. The minimum Gasteiger partial charge on any atom is -0.493 e. The van der Waals surface area contributed by atoms with Crippen LogP contribution in [0, 0.1) is 0 Å². The second-order valence-electron chi connectivity index (χ2n) is 4.16. The van der Waals surface area contributed by atoms with Crippen LogP contribution in [0.5, 0.6) is 11.5 Å². The van der Waals surface area contributed by atoms with E-state index in [4.69, 9.17) is 14.6 Å². The highest BCUT2D eigenvalue weighted by atomic mass is 31.2. The number of hydrogen-bond donors (Lipinski definition) is 1. The molecule has 0 saturated heterocycles. The molecule has 19 heavy (non-hydrogen) atoms. The second kappa shape index (κ2) is 6.89. The van der Waals surface area contributed by atoms with Crippen LogP contribution in [0.15, 0.2) is 18.2 Å². The molecule has 0 radical (unpaired) electrons. The minimum absolute atomic E-state index is 0.144. The van der Waals surface area contributed by atoms with E-state index in [1.807, 2.05) is 0 Å². The summed E-state index contributed by atoms with van der Waals surface area (Å²) in [5, 5.41) is 8.99. The number of aliphatic hydroxyl groups excluding tert-OH is 1. The first-order chi connectivity index (χ1) is 8.88. The Morgan fingerprint density at radius 2 is 2.05 bits per heavy atom. The molecule has 0 heterocycles. The van der Waals surface area contributed by atoms with E-state index in [1.54, 1.807) is 26.0 Å². The molecular weight excluding hydrogens is 274 g/mol. The van der Waals surface area contributed by atoms with Crippen molar-refractivity contribution in [3.05, 3.63) is 23.8 Å². The van der Waals surface area contributed by atoms with Gasteiger partial charge in [0.2, 0.25) is 0 Å². The summed E-state index contributed by atoms with van der Waals surface area (Å²) in [5.41, 5.74) is 0.631. The van der Waals surface area contributed by atoms with Gasteiger partial charge in [0.25, 0.3) is 0 Å². The molecule has 0 spiro atoms. The van der Waals surface area contributed by atoms with Crippen LogP contribution in [0.1, 0.15) is 19.4 Å². The Kier molecular flexibility index (Phi) is 5.79. The van der Waals surface area contributed by atoms with Crippen molar-refractivity contribution >= 4 is 7.68 Å². The van der Waals surface area contributed by atoms with Gasteiger partial charge >= 0.3 is 7.68 Å². The van der Waals surface area contributed by atoms with Crippen molar-refractivity contribution in [1.29, 1.82) is 0 Å². The average molecular weight is 292 g/mol. The lowest BCUT2D eigenvalue weighted by molar-refractivity contribution is 0.204. The fourth-order valence-corrected chi connectivity index (χ4v) is 2.41. The molecule has 1 aromatic rings. The van der Waals surface area contributed by atoms with Gasteiger partial charge in [-0.3, -0.25) is 4.57 Å². The Bertz CT molecular complexity index is 463. The average Bonchev–Trinajstić information content (AvgIpc) is 2.34. The van der Waals surface area contributed by atoms with Gasteiger partial charge < -0.3 is 19.1 Å². The van der Waals surface area contributed by atoms with E-state index in [0.717, 1.165) is 0 Å². The van der Waals surface area contributed by atoms with E-state index in [9.17, 15) is 8.76 Å². The van der Waals surface area contributed by atoms with Gasteiger partial charge in [-0.05, 0) is 31.5 Å². The molecule has 0 fully saturated rings. The summed E-state index contributed by atoms with van der Waals surface area (Å²) in [5.74, 6) is 0.570. The molecule has 1 unspecified atom stereocenters. The van der Waals surface area contributed by atoms with Crippen LogP contribution in [-0.2, 0) is 15.7 Å². The van der Waals surface area contributed by atoms with Crippen molar-refractivity contribution in [2.24, 2.45) is 0 Å². The molecule has 1 aromatic carbocycles. The standard InChI is InChI=1S/C12H18FO5P/c1-9(2)18-19(13,15)8-17-11-5-4-10(7-14)6-12(11)16-3/h4-6,9,14H,7-8H2,1-3H3. The van der Waals surface area contributed by atoms with Gasteiger partial charge in [0.1, 0.15) is 0 Å². The van der Waals surface area contributed by atoms with Gasteiger partial charge in [-0.25, -0.2) is 0 Å². The zero-order valence-electron chi connectivity index (χ0n) is 11.1. The van der Waals surface area contributed by atoms with Crippen LogP contribution < -0.4 is 9.47 Å². The van der Waals surface area contributed by atoms with Crippen LogP contribution in [0.2, 0.25) is 0 Å². The van der Waals surface area contributed by atoms with Crippen molar-refractivity contribution < 1.29 is 27.9 Å². The molecule has 0 aliphatic rings. The SMILES string of the molecule is COc1cc(CO)ccc1OCP(=O)(F)OC(C)C. The Morgan fingerprint density at radius 1 is 1.37 bits per heavy atom. The summed E-state index contributed by atoms with van der Waals surface area (Å²) < 4.78 is 39.8. The van der Waals surface area contributed by atoms with Gasteiger partial charge in [-0.1, -0.05) is 6.07 Å². The Balaban J connectivity index is 2.75. The number of rotatable bonds is 7. The minimum atomic E-state index is -4.29. The molecule has 0 aliphatic carbocycles. The van der Waals surface area contributed by atoms with Crippen molar-refractivity contribution in [2.75, 3.05) is 13.5 Å². The fraction of sp³-hybridized carbons (Fsp3) is 0.500. The molecule has 7 heteroatoms. The fourth-order valence-electron chi connectivity index (χ4n) is 1.42. The summed E-state index contributed by atoms with van der Waals surface area (Å²) in [6.07, 6.45) is -1.17. The lowest BCUT2D eigenvalue weighted by atomic mass is 10.2. The summed E-state index contributed by atoms with van der Waals surface area (Å²) in [7, 11) is -2.87. The quantitative estimate of drug-likeness (QED) is 0.782. The molecule has 0 amide bonds. The maximum Gasteiger partial charge on any atom is 0.403 e. The number of benzene rings is 1. The zero-order valence-corrected chi connectivity index (χ0v) is 12.0. The third kappa shape index (κ3) is 5.19. The molecule has 5 nitrogen and oxygen atoms in total. The smallest absolute Gasteiger partial charge is 0.403 e. The predicted molar refractivity (Wildman–Crippen MR) is 69.3 cm³/mol. The van der Waals surface area contributed by atoms with E-state index in [0.29, 0.717) is 11.3 Å². The van der Waals surface area contributed by atoms with E-state index >= 15 is 0 Å². The summed E-state index contributed by atoms with van der Waals surface area (Å²) in [6, 6.07) is 4.67. The molecule has 0 saturated carbocycles. The Labute approximate surface area is 111 Å². The topological polar surface area (TPSA) is 65.0 Å². The third-order valence-corrected chi connectivity index (χ3v) is 3.33. The van der Waals surface area contributed by atoms with E-state index in [-0.39, 0.29) is 12.4 Å². The first-order valence-electron chi connectivity index (χ1n) is 5.75. The van der Waals surface area contributed by atoms with Crippen LogP contribution in [0.25, 0.3) is 0 Å². The highest BCUT2D eigenvalue weighted by Gasteiger charge is 2.25. The molecule has 108 valence electrons. The Hall–Kier alpha value is -1.10. The van der Waals surface area contributed by atoms with Crippen molar-refractivity contribution in [2.45, 2.75) is 26.6 Å². The third-order valence-electron chi connectivity index (χ3n) is 2.15. The van der Waals surface area contributed by atoms with Crippen LogP contribution >= 0.6 is 7.68 Å².